The van der Waals surface area contributed by atoms with Crippen LogP contribution in [0.4, 0.5) is 9.59 Å². The molecule has 0 unspecified atom stereocenters. The maximum absolute atomic E-state index is 14.4. The predicted molar refractivity (Wildman–Crippen MR) is 196 cm³/mol. The van der Waals surface area contributed by atoms with Crippen LogP contribution >= 0.6 is 0 Å². The normalized spacial score (nSPS) is 21.9. The van der Waals surface area contributed by atoms with Crippen LogP contribution in [0.5, 0.6) is 0 Å². The first-order valence-electron chi connectivity index (χ1n) is 18.8. The van der Waals surface area contributed by atoms with E-state index < -0.39 is 65.3 Å². The second-order valence-corrected chi connectivity index (χ2v) is 15.3. The van der Waals surface area contributed by atoms with E-state index in [1.54, 1.807) is 25.7 Å². The van der Waals surface area contributed by atoms with Gasteiger partial charge in [0.1, 0.15) is 18.2 Å². The number of hydrogen-bond acceptors (Lipinski definition) is 8. The molecular formula is C40H53N5O8. The molecule has 0 spiro atoms. The van der Waals surface area contributed by atoms with Crippen LogP contribution in [-0.2, 0) is 54.7 Å². The number of benzene rings is 2. The fraction of sp³-hybridized carbons (Fsp3) is 0.550. The molecule has 13 heteroatoms. The molecular weight excluding hydrogens is 678 g/mol. The van der Waals surface area contributed by atoms with Crippen molar-refractivity contribution in [2.24, 2.45) is 5.41 Å². The van der Waals surface area contributed by atoms with Crippen LogP contribution in [-0.4, -0.2) is 82.9 Å². The third-order valence-corrected chi connectivity index (χ3v) is 10.1. The lowest BCUT2D eigenvalue weighted by atomic mass is 9.85. The van der Waals surface area contributed by atoms with Gasteiger partial charge in [0.05, 0.1) is 19.2 Å². The predicted octanol–water partition coefficient (Wildman–Crippen LogP) is 4.54. The average molecular weight is 732 g/mol. The molecule has 2 aromatic carbocycles. The molecule has 5 rings (SSSR count). The molecule has 5 amide bonds. The molecule has 286 valence electrons. The fourth-order valence-electron chi connectivity index (χ4n) is 7.21. The molecule has 0 aromatic heterocycles. The van der Waals surface area contributed by atoms with E-state index in [9.17, 15) is 28.8 Å². The maximum Gasteiger partial charge on any atom is 0.410 e. The second-order valence-electron chi connectivity index (χ2n) is 15.3. The number of hydrogen-bond donors (Lipinski definition) is 3. The quantitative estimate of drug-likeness (QED) is 0.334. The van der Waals surface area contributed by atoms with E-state index >= 15 is 0 Å². The van der Waals surface area contributed by atoms with Crippen molar-refractivity contribution in [3.63, 3.8) is 0 Å². The monoisotopic (exact) mass is 731 g/mol. The summed E-state index contributed by atoms with van der Waals surface area (Å²) < 4.78 is 11.5. The van der Waals surface area contributed by atoms with Crippen LogP contribution in [0.3, 0.4) is 0 Å². The number of alkyl carbamates (subject to hydrolysis) is 1. The highest BCUT2D eigenvalue weighted by Crippen LogP contribution is 2.31. The van der Waals surface area contributed by atoms with Crippen LogP contribution in [0.15, 0.2) is 48.5 Å². The number of fused-ring (bicyclic) bond motifs is 3. The summed E-state index contributed by atoms with van der Waals surface area (Å²) in [5.41, 5.74) is 3.39. The molecule has 0 aliphatic carbocycles. The number of nitrogens with one attached hydrogen (secondary N) is 3. The molecule has 3 aliphatic rings. The lowest BCUT2D eigenvalue weighted by Crippen LogP contribution is -2.59. The van der Waals surface area contributed by atoms with Gasteiger partial charge in [-0.15, -0.1) is 0 Å². The first-order chi connectivity index (χ1) is 25.3. The Bertz CT molecular complexity index is 1660. The summed E-state index contributed by atoms with van der Waals surface area (Å²) in [6, 6.07) is 11.9. The first kappa shape index (κ1) is 39.3. The van der Waals surface area contributed by atoms with Crippen molar-refractivity contribution < 1.29 is 38.2 Å². The minimum atomic E-state index is -1.15. The van der Waals surface area contributed by atoms with E-state index in [1.807, 2.05) is 49.4 Å². The third-order valence-electron chi connectivity index (χ3n) is 10.1. The minimum absolute atomic E-state index is 0.0378. The van der Waals surface area contributed by atoms with Crippen LogP contribution in [0.1, 0.15) is 94.9 Å². The van der Waals surface area contributed by atoms with Gasteiger partial charge in [-0.05, 0) is 53.4 Å². The molecule has 4 bridgehead atoms. The molecule has 4 atom stereocenters. The van der Waals surface area contributed by atoms with E-state index in [4.69, 9.17) is 9.47 Å². The van der Waals surface area contributed by atoms with Gasteiger partial charge >= 0.3 is 12.2 Å². The van der Waals surface area contributed by atoms with Gasteiger partial charge in [0.15, 0.2) is 0 Å². The number of cyclic esters (lactones) is 1. The van der Waals surface area contributed by atoms with Crippen LogP contribution < -0.4 is 16.0 Å². The summed E-state index contributed by atoms with van der Waals surface area (Å²) in [7, 11) is 0. The highest BCUT2D eigenvalue weighted by atomic mass is 16.6. The molecule has 0 saturated carbocycles. The van der Waals surface area contributed by atoms with Crippen molar-refractivity contribution in [2.45, 2.75) is 123 Å². The third kappa shape index (κ3) is 10.1. The van der Waals surface area contributed by atoms with Crippen molar-refractivity contribution in [1.82, 2.24) is 25.8 Å². The fourth-order valence-corrected chi connectivity index (χ4v) is 7.21. The molecule has 13 nitrogen and oxygen atoms in total. The number of Topliss-reactive ketones (excluding diaryl/α,β-unsaturated/α-hetero) is 1. The van der Waals surface area contributed by atoms with Gasteiger partial charge in [0.2, 0.25) is 17.6 Å². The number of ketones is 1. The lowest BCUT2D eigenvalue weighted by Gasteiger charge is -2.35. The topological polar surface area (TPSA) is 163 Å². The Morgan fingerprint density at radius 1 is 0.943 bits per heavy atom. The molecule has 0 radical (unpaired) electrons. The molecule has 3 aliphatic heterocycles. The number of amides is 5. The number of carbonyl (C=O) groups excluding carboxylic acids is 6. The van der Waals surface area contributed by atoms with E-state index in [0.29, 0.717) is 25.9 Å². The Morgan fingerprint density at radius 3 is 2.42 bits per heavy atom. The van der Waals surface area contributed by atoms with Crippen molar-refractivity contribution in [3.05, 3.63) is 70.8 Å². The Kier molecular flexibility index (Phi) is 13.1. The van der Waals surface area contributed by atoms with Gasteiger partial charge in [-0.2, -0.15) is 0 Å². The lowest BCUT2D eigenvalue weighted by molar-refractivity contribution is -0.144. The molecule has 1 saturated heterocycles. The number of aryl methyl sites for hydroxylation is 1. The average Bonchev–Trinajstić information content (AvgIpc) is 3.77. The molecule has 1 fully saturated rings. The Hall–Kier alpha value is -4.94. The smallest absolute Gasteiger partial charge is 0.410 e. The van der Waals surface area contributed by atoms with Gasteiger partial charge in [-0.3, -0.25) is 24.1 Å². The van der Waals surface area contributed by atoms with Crippen molar-refractivity contribution >= 4 is 35.7 Å². The zero-order chi connectivity index (χ0) is 38.1. The summed E-state index contributed by atoms with van der Waals surface area (Å²) in [6.07, 6.45) is 2.82. The van der Waals surface area contributed by atoms with Gasteiger partial charge in [-0.1, -0.05) is 95.5 Å². The van der Waals surface area contributed by atoms with E-state index in [1.165, 1.54) is 10.5 Å². The van der Waals surface area contributed by atoms with E-state index in [2.05, 4.69) is 22.0 Å². The van der Waals surface area contributed by atoms with Gasteiger partial charge in [-0.25, -0.2) is 9.59 Å². The van der Waals surface area contributed by atoms with E-state index in [-0.39, 0.29) is 32.5 Å². The van der Waals surface area contributed by atoms with Gasteiger partial charge in [0, 0.05) is 26.1 Å². The number of ether oxygens (including phenoxy) is 2. The van der Waals surface area contributed by atoms with Crippen molar-refractivity contribution in [1.29, 1.82) is 0 Å². The zero-order valence-electron chi connectivity index (χ0n) is 31.3. The SMILES string of the molecule is CCC[C@H](NC(=O)[C@@H]1C[C@@H]2CN1C(=O)[C@H](C(C)(C)C)NC(=O)OCCCCCCc1cccc3c1CN(C3)C(=O)O2)C(=O)C(=O)NCc1ccccc1. The summed E-state index contributed by atoms with van der Waals surface area (Å²) in [5, 5.41) is 8.08. The molecule has 2 aromatic rings. The van der Waals surface area contributed by atoms with Gasteiger partial charge in [0.25, 0.3) is 5.91 Å². The number of carbonyl (C=O) groups is 6. The van der Waals surface area contributed by atoms with Crippen LogP contribution in [0, 0.1) is 5.41 Å². The summed E-state index contributed by atoms with van der Waals surface area (Å²) in [4.78, 5) is 84.3. The number of nitrogens with zero attached hydrogens (tertiary/aromatic N) is 2. The van der Waals surface area contributed by atoms with Crippen molar-refractivity contribution in [3.8, 4) is 0 Å². The first-order valence-corrected chi connectivity index (χ1v) is 18.8. The molecule has 53 heavy (non-hydrogen) atoms. The Labute approximate surface area is 311 Å². The maximum atomic E-state index is 14.4. The standard InChI is InChI=1S/C40H53N5O8/c1-5-14-31(33(46)36(48)41-22-26-15-9-8-10-16-26)42-35(47)32-21-29-24-45(32)37(49)34(40(2,3)4)43-38(50)52-20-12-7-6-11-17-27-18-13-19-28-23-44(25-30(27)28)39(51)53-29/h8-10,13,15-16,18-19,29,31-32,34H,5-7,11-12,14,17,20-25H2,1-4H3,(H,41,48)(H,42,47)(H,43,50)/t29-,31+,32+,34-/m1/s1. The van der Waals surface area contributed by atoms with E-state index in [0.717, 1.165) is 42.4 Å². The summed E-state index contributed by atoms with van der Waals surface area (Å²) in [5.74, 6) is -2.85. The highest BCUT2D eigenvalue weighted by molar-refractivity contribution is 6.38. The van der Waals surface area contributed by atoms with Crippen molar-refractivity contribution in [2.75, 3.05) is 13.2 Å². The molecule has 3 N–H and O–H groups in total. The van der Waals surface area contributed by atoms with Gasteiger partial charge < -0.3 is 30.3 Å². The summed E-state index contributed by atoms with van der Waals surface area (Å²) >= 11 is 0. The second kappa shape index (κ2) is 17.7. The largest absolute Gasteiger partial charge is 0.450 e. The Morgan fingerprint density at radius 2 is 1.68 bits per heavy atom. The highest BCUT2D eigenvalue weighted by Gasteiger charge is 2.47. The zero-order valence-corrected chi connectivity index (χ0v) is 31.3. The minimum Gasteiger partial charge on any atom is -0.450 e. The van der Waals surface area contributed by atoms with Crippen LogP contribution in [0.25, 0.3) is 0 Å². The summed E-state index contributed by atoms with van der Waals surface area (Å²) in [6.45, 7) is 8.24. The number of rotatable bonds is 8. The van der Waals surface area contributed by atoms with Crippen LogP contribution in [0.2, 0.25) is 0 Å². The molecule has 3 heterocycles. The Balaban J connectivity index is 1.37.